The van der Waals surface area contributed by atoms with E-state index in [0.29, 0.717) is 37.4 Å². The van der Waals surface area contributed by atoms with Crippen molar-refractivity contribution in [3.05, 3.63) is 56.1 Å². The molecule has 0 aliphatic heterocycles. The van der Waals surface area contributed by atoms with Gasteiger partial charge in [-0.1, -0.05) is 17.8 Å². The van der Waals surface area contributed by atoms with E-state index in [1.165, 1.54) is 11.8 Å². The molecule has 2 rings (SSSR count). The Kier molecular flexibility index (Phi) is 8.10. The molecule has 1 amide bonds. The topological polar surface area (TPSA) is 75.0 Å². The third-order valence-electron chi connectivity index (χ3n) is 4.06. The molecular weight excluding hydrogens is 506 g/mol. The molecule has 28 heavy (non-hydrogen) atoms. The highest BCUT2D eigenvalue weighted by atomic mass is 79.9. The number of aromatic nitrogens is 1. The second kappa shape index (κ2) is 10.1. The molecule has 0 saturated heterocycles. The van der Waals surface area contributed by atoms with Crippen molar-refractivity contribution in [2.75, 3.05) is 18.2 Å². The first-order valence-corrected chi connectivity index (χ1v) is 10.9. The number of nitrogens with zero attached hydrogens (tertiary/aromatic N) is 2. The number of ether oxygens (including phenoxy) is 1. The van der Waals surface area contributed by atoms with Crippen LogP contribution >= 0.6 is 43.6 Å². The number of nitrogens with one attached hydrogen (secondary N) is 1. The number of nitriles is 1. The van der Waals surface area contributed by atoms with Crippen LogP contribution in [0.4, 0.5) is 5.69 Å². The summed E-state index contributed by atoms with van der Waals surface area (Å²) in [4.78, 5) is 17.0. The molecule has 1 N–H and O–H groups in total. The summed E-state index contributed by atoms with van der Waals surface area (Å²) < 4.78 is 6.60. The predicted molar refractivity (Wildman–Crippen MR) is 120 cm³/mol. The minimum Gasteiger partial charge on any atom is -0.497 e. The highest BCUT2D eigenvalue weighted by Crippen LogP contribution is 2.35. The van der Waals surface area contributed by atoms with Gasteiger partial charge in [-0.2, -0.15) is 5.26 Å². The Hall–Kier alpha value is -1.82. The van der Waals surface area contributed by atoms with Gasteiger partial charge >= 0.3 is 0 Å². The van der Waals surface area contributed by atoms with E-state index >= 15 is 0 Å². The zero-order chi connectivity index (χ0) is 20.8. The summed E-state index contributed by atoms with van der Waals surface area (Å²) in [5.41, 5.74) is 3.87. The second-order valence-corrected chi connectivity index (χ2v) is 8.56. The molecule has 8 heteroatoms. The van der Waals surface area contributed by atoms with Gasteiger partial charge in [-0.15, -0.1) is 6.58 Å². The molecule has 0 spiro atoms. The number of carbonyl (C=O) groups excluding carboxylic acids is 1. The number of carbonyl (C=O) groups is 1. The molecule has 0 radical (unpaired) electrons. The van der Waals surface area contributed by atoms with Gasteiger partial charge in [0, 0.05) is 14.6 Å². The van der Waals surface area contributed by atoms with Crippen LogP contribution in [0.2, 0.25) is 0 Å². The van der Waals surface area contributed by atoms with E-state index in [9.17, 15) is 10.1 Å². The van der Waals surface area contributed by atoms with Gasteiger partial charge < -0.3 is 10.1 Å². The van der Waals surface area contributed by atoms with Crippen molar-refractivity contribution >= 4 is 55.2 Å². The number of benzene rings is 1. The fourth-order valence-electron chi connectivity index (χ4n) is 2.64. The molecule has 1 heterocycles. The van der Waals surface area contributed by atoms with E-state index in [4.69, 9.17) is 4.74 Å². The summed E-state index contributed by atoms with van der Waals surface area (Å²) in [7, 11) is 1.58. The lowest BCUT2D eigenvalue weighted by molar-refractivity contribution is -0.113. The van der Waals surface area contributed by atoms with Crippen LogP contribution in [-0.2, 0) is 11.2 Å². The Labute approximate surface area is 185 Å². The Morgan fingerprint density at radius 2 is 2.04 bits per heavy atom. The van der Waals surface area contributed by atoms with Crippen LogP contribution in [0.15, 0.2) is 38.8 Å². The summed E-state index contributed by atoms with van der Waals surface area (Å²) in [6.45, 7) is 7.57. The smallest absolute Gasteiger partial charge is 0.234 e. The molecule has 0 bridgehead atoms. The van der Waals surface area contributed by atoms with Crippen molar-refractivity contribution < 1.29 is 9.53 Å². The largest absolute Gasteiger partial charge is 0.497 e. The maximum absolute atomic E-state index is 12.5. The molecule has 2 aromatic rings. The van der Waals surface area contributed by atoms with E-state index in [0.717, 1.165) is 16.8 Å². The molecule has 1 aromatic carbocycles. The van der Waals surface area contributed by atoms with Crippen molar-refractivity contribution in [1.82, 2.24) is 4.98 Å². The average molecular weight is 525 g/mol. The number of aryl methyl sites for hydroxylation is 1. The monoisotopic (exact) mass is 523 g/mol. The highest BCUT2D eigenvalue weighted by Gasteiger charge is 2.17. The maximum atomic E-state index is 12.5. The van der Waals surface area contributed by atoms with Crippen LogP contribution in [0.25, 0.3) is 0 Å². The van der Waals surface area contributed by atoms with Crippen LogP contribution in [-0.4, -0.2) is 23.8 Å². The Morgan fingerprint density at radius 3 is 2.57 bits per heavy atom. The molecule has 146 valence electrons. The Morgan fingerprint density at radius 1 is 1.39 bits per heavy atom. The fourth-order valence-corrected chi connectivity index (χ4v) is 4.86. The van der Waals surface area contributed by atoms with E-state index < -0.39 is 0 Å². The van der Waals surface area contributed by atoms with Crippen LogP contribution in [0.3, 0.4) is 0 Å². The van der Waals surface area contributed by atoms with Crippen LogP contribution < -0.4 is 10.1 Å². The number of pyridine rings is 1. The van der Waals surface area contributed by atoms with Crippen molar-refractivity contribution in [3.8, 4) is 11.8 Å². The number of hydrogen-bond donors (Lipinski definition) is 1. The molecule has 0 saturated carbocycles. The maximum Gasteiger partial charge on any atom is 0.234 e. The Bertz CT molecular complexity index is 948. The summed E-state index contributed by atoms with van der Waals surface area (Å²) in [6.07, 6.45) is 2.45. The minimum atomic E-state index is -0.201. The highest BCUT2D eigenvalue weighted by molar-refractivity contribution is 9.11. The number of anilines is 1. The number of allylic oxidation sites excluding steroid dienone is 1. The van der Waals surface area contributed by atoms with Crippen molar-refractivity contribution in [2.45, 2.75) is 25.3 Å². The number of hydrogen-bond acceptors (Lipinski definition) is 5. The van der Waals surface area contributed by atoms with Crippen molar-refractivity contribution in [2.24, 2.45) is 0 Å². The third kappa shape index (κ3) is 5.16. The first kappa shape index (κ1) is 22.5. The molecule has 0 aliphatic carbocycles. The fraction of sp³-hybridized carbons (Fsp3) is 0.250. The minimum absolute atomic E-state index is 0.131. The van der Waals surface area contributed by atoms with Crippen LogP contribution in [0.1, 0.15) is 22.4 Å². The molecular formula is C20H19Br2N3O2S. The lowest BCUT2D eigenvalue weighted by Gasteiger charge is -2.14. The van der Waals surface area contributed by atoms with Gasteiger partial charge in [0.2, 0.25) is 5.91 Å². The molecule has 0 aliphatic rings. The van der Waals surface area contributed by atoms with Crippen molar-refractivity contribution in [1.29, 1.82) is 5.26 Å². The first-order valence-electron chi connectivity index (χ1n) is 8.29. The normalized spacial score (nSPS) is 10.3. The number of halogens is 2. The molecule has 0 unspecified atom stereocenters. The van der Waals surface area contributed by atoms with Crippen molar-refractivity contribution in [3.63, 3.8) is 0 Å². The second-order valence-electron chi connectivity index (χ2n) is 5.89. The van der Waals surface area contributed by atoms with Gasteiger partial charge in [-0.05, 0) is 75.4 Å². The summed E-state index contributed by atoms with van der Waals surface area (Å²) >= 11 is 8.11. The van der Waals surface area contributed by atoms with Crippen LogP contribution in [0, 0.1) is 25.2 Å². The molecule has 0 atom stereocenters. The quantitative estimate of drug-likeness (QED) is 0.379. The average Bonchev–Trinajstić information content (AvgIpc) is 2.66. The van der Waals surface area contributed by atoms with E-state index in [2.05, 4.69) is 54.8 Å². The lowest BCUT2D eigenvalue weighted by atomic mass is 10.0. The predicted octanol–water partition coefficient (Wildman–Crippen LogP) is 5.56. The molecule has 5 nitrogen and oxygen atoms in total. The van der Waals surface area contributed by atoms with E-state index in [1.54, 1.807) is 25.3 Å². The summed E-state index contributed by atoms with van der Waals surface area (Å²) in [5.74, 6) is 0.596. The van der Waals surface area contributed by atoms with Gasteiger partial charge in [0.05, 0.1) is 24.1 Å². The SMILES string of the molecule is C=CCc1c(C)nc(SCC(=O)Nc2c(Br)cc(OC)cc2Br)c(C#N)c1C. The van der Waals surface area contributed by atoms with Gasteiger partial charge in [-0.3, -0.25) is 4.79 Å². The number of thioether (sulfide) groups is 1. The van der Waals surface area contributed by atoms with E-state index in [1.807, 2.05) is 13.8 Å². The first-order chi connectivity index (χ1) is 13.3. The van der Waals surface area contributed by atoms with Gasteiger partial charge in [0.15, 0.2) is 0 Å². The summed E-state index contributed by atoms with van der Waals surface area (Å²) in [5, 5.41) is 13.0. The number of methoxy groups -OCH3 is 1. The number of amides is 1. The molecule has 1 aromatic heterocycles. The third-order valence-corrected chi connectivity index (χ3v) is 6.29. The zero-order valence-corrected chi connectivity index (χ0v) is 19.7. The molecule has 0 fully saturated rings. The summed E-state index contributed by atoms with van der Waals surface area (Å²) in [6, 6.07) is 5.76. The lowest BCUT2D eigenvalue weighted by Crippen LogP contribution is -2.15. The van der Waals surface area contributed by atoms with E-state index in [-0.39, 0.29) is 11.7 Å². The Balaban J connectivity index is 2.18. The van der Waals surface area contributed by atoms with Crippen LogP contribution in [0.5, 0.6) is 5.75 Å². The standard InChI is InChI=1S/C20H19Br2N3O2S/c1-5-6-14-11(2)15(9-23)20(24-12(14)3)28-10-18(26)25-19-16(21)7-13(27-4)8-17(19)22/h5,7-8H,1,6,10H2,2-4H3,(H,25,26). The van der Waals surface area contributed by atoms with Gasteiger partial charge in [-0.25, -0.2) is 4.98 Å². The van der Waals surface area contributed by atoms with Gasteiger partial charge in [0.25, 0.3) is 0 Å². The van der Waals surface area contributed by atoms with Gasteiger partial charge in [0.1, 0.15) is 16.8 Å². The zero-order valence-electron chi connectivity index (χ0n) is 15.7. The number of rotatable bonds is 7.